The van der Waals surface area contributed by atoms with Crippen LogP contribution in [0, 0.1) is 5.92 Å². The molecule has 0 radical (unpaired) electrons. The summed E-state index contributed by atoms with van der Waals surface area (Å²) in [6, 6.07) is 8.33. The fourth-order valence-corrected chi connectivity index (χ4v) is 2.56. The van der Waals surface area contributed by atoms with Gasteiger partial charge in [-0.1, -0.05) is 32.0 Å². The molecule has 3 heteroatoms. The van der Waals surface area contributed by atoms with Crippen molar-refractivity contribution in [3.05, 3.63) is 29.8 Å². The maximum atomic E-state index is 12.2. The summed E-state index contributed by atoms with van der Waals surface area (Å²) in [7, 11) is 0. The van der Waals surface area contributed by atoms with Gasteiger partial charge >= 0.3 is 0 Å². The second kappa shape index (κ2) is 5.53. The van der Waals surface area contributed by atoms with Gasteiger partial charge in [-0.15, -0.1) is 0 Å². The van der Waals surface area contributed by atoms with Crippen molar-refractivity contribution in [1.82, 2.24) is 5.32 Å². The Morgan fingerprint density at radius 1 is 1.39 bits per heavy atom. The number of para-hydroxylation sites is 1. The molecule has 0 aromatic heterocycles. The second-order valence-corrected chi connectivity index (χ2v) is 5.37. The van der Waals surface area contributed by atoms with E-state index in [9.17, 15) is 4.79 Å². The van der Waals surface area contributed by atoms with E-state index in [0.717, 1.165) is 18.7 Å². The number of hydrogen-bond donors (Lipinski definition) is 2. The maximum Gasteiger partial charge on any atom is 0.229 e. The molecule has 1 heterocycles. The standard InChI is InChI=1S/C15H22N2O/c1-10(2)12-6-4-5-7-14(12)17-15(18)13-8-9-16-11(13)3/h4-7,10-11,13,16H,8-9H2,1-3H3,(H,17,18). The number of rotatable bonds is 3. The number of hydrogen-bond acceptors (Lipinski definition) is 2. The molecule has 2 rings (SSSR count). The van der Waals surface area contributed by atoms with E-state index in [2.05, 4.69) is 37.5 Å². The molecule has 1 saturated heterocycles. The van der Waals surface area contributed by atoms with Gasteiger partial charge in [0.25, 0.3) is 0 Å². The van der Waals surface area contributed by atoms with Gasteiger partial charge in [-0.25, -0.2) is 0 Å². The summed E-state index contributed by atoms with van der Waals surface area (Å²) in [4.78, 5) is 12.2. The Morgan fingerprint density at radius 2 is 2.11 bits per heavy atom. The summed E-state index contributed by atoms with van der Waals surface area (Å²) >= 11 is 0. The first kappa shape index (κ1) is 13.1. The highest BCUT2D eigenvalue weighted by molar-refractivity contribution is 5.94. The van der Waals surface area contributed by atoms with Crippen LogP contribution < -0.4 is 10.6 Å². The third-order valence-corrected chi connectivity index (χ3v) is 3.70. The van der Waals surface area contributed by atoms with Crippen molar-refractivity contribution in [2.24, 2.45) is 5.92 Å². The number of carbonyl (C=O) groups is 1. The third-order valence-electron chi connectivity index (χ3n) is 3.70. The zero-order valence-corrected chi connectivity index (χ0v) is 11.4. The second-order valence-electron chi connectivity index (χ2n) is 5.37. The van der Waals surface area contributed by atoms with Gasteiger partial charge in [-0.05, 0) is 37.4 Å². The van der Waals surface area contributed by atoms with Crippen LogP contribution in [-0.4, -0.2) is 18.5 Å². The van der Waals surface area contributed by atoms with E-state index in [4.69, 9.17) is 0 Å². The van der Waals surface area contributed by atoms with Crippen molar-refractivity contribution >= 4 is 11.6 Å². The number of benzene rings is 1. The summed E-state index contributed by atoms with van der Waals surface area (Å²) in [6.07, 6.45) is 0.927. The summed E-state index contributed by atoms with van der Waals surface area (Å²) in [5, 5.41) is 6.40. The first-order valence-electron chi connectivity index (χ1n) is 6.72. The predicted molar refractivity (Wildman–Crippen MR) is 74.7 cm³/mol. The lowest BCUT2D eigenvalue weighted by Crippen LogP contribution is -2.32. The van der Waals surface area contributed by atoms with Crippen molar-refractivity contribution in [1.29, 1.82) is 0 Å². The van der Waals surface area contributed by atoms with Gasteiger partial charge in [0.15, 0.2) is 0 Å². The molecule has 2 N–H and O–H groups in total. The summed E-state index contributed by atoms with van der Waals surface area (Å²) in [5.74, 6) is 0.645. The Bertz CT molecular complexity index is 428. The highest BCUT2D eigenvalue weighted by Gasteiger charge is 2.29. The minimum Gasteiger partial charge on any atom is -0.326 e. The Morgan fingerprint density at radius 3 is 2.72 bits per heavy atom. The van der Waals surface area contributed by atoms with Gasteiger partial charge in [0.1, 0.15) is 0 Å². The molecule has 2 unspecified atom stereocenters. The van der Waals surface area contributed by atoms with Crippen LogP contribution in [0.2, 0.25) is 0 Å². The van der Waals surface area contributed by atoms with Crippen molar-refractivity contribution in [2.75, 3.05) is 11.9 Å². The highest BCUT2D eigenvalue weighted by atomic mass is 16.1. The lowest BCUT2D eigenvalue weighted by atomic mass is 9.98. The van der Waals surface area contributed by atoms with Crippen LogP contribution in [0.15, 0.2) is 24.3 Å². The van der Waals surface area contributed by atoms with Crippen molar-refractivity contribution in [3.63, 3.8) is 0 Å². The fourth-order valence-electron chi connectivity index (χ4n) is 2.56. The van der Waals surface area contributed by atoms with E-state index in [-0.39, 0.29) is 17.9 Å². The van der Waals surface area contributed by atoms with Crippen LogP contribution in [0.1, 0.15) is 38.7 Å². The number of nitrogens with one attached hydrogen (secondary N) is 2. The first-order chi connectivity index (χ1) is 8.59. The van der Waals surface area contributed by atoms with Crippen LogP contribution in [0.4, 0.5) is 5.69 Å². The number of anilines is 1. The van der Waals surface area contributed by atoms with Gasteiger partial charge in [-0.2, -0.15) is 0 Å². The van der Waals surface area contributed by atoms with Crippen LogP contribution in [0.3, 0.4) is 0 Å². The molecule has 0 spiro atoms. The average Bonchev–Trinajstić information content (AvgIpc) is 2.76. The fraction of sp³-hybridized carbons (Fsp3) is 0.533. The molecule has 1 aliphatic rings. The van der Waals surface area contributed by atoms with Gasteiger partial charge in [-0.3, -0.25) is 4.79 Å². The minimum absolute atomic E-state index is 0.0882. The Hall–Kier alpha value is -1.35. The minimum atomic E-state index is 0.0882. The molecule has 1 fully saturated rings. The Balaban J connectivity index is 2.11. The van der Waals surface area contributed by atoms with Crippen LogP contribution in [0.5, 0.6) is 0 Å². The van der Waals surface area contributed by atoms with E-state index in [0.29, 0.717) is 5.92 Å². The van der Waals surface area contributed by atoms with Gasteiger partial charge in [0, 0.05) is 11.7 Å². The van der Waals surface area contributed by atoms with Crippen LogP contribution in [0.25, 0.3) is 0 Å². The zero-order chi connectivity index (χ0) is 13.1. The zero-order valence-electron chi connectivity index (χ0n) is 11.4. The molecule has 1 aliphatic heterocycles. The van der Waals surface area contributed by atoms with Gasteiger partial charge < -0.3 is 10.6 Å². The van der Waals surface area contributed by atoms with E-state index >= 15 is 0 Å². The molecular weight excluding hydrogens is 224 g/mol. The largest absolute Gasteiger partial charge is 0.326 e. The molecular formula is C15H22N2O. The molecule has 0 saturated carbocycles. The van der Waals surface area contributed by atoms with Crippen molar-refractivity contribution in [3.8, 4) is 0 Å². The van der Waals surface area contributed by atoms with E-state index in [1.165, 1.54) is 5.56 Å². The van der Waals surface area contributed by atoms with Crippen LogP contribution in [-0.2, 0) is 4.79 Å². The monoisotopic (exact) mass is 246 g/mol. The predicted octanol–water partition coefficient (Wildman–Crippen LogP) is 2.75. The molecule has 2 atom stereocenters. The molecule has 3 nitrogen and oxygen atoms in total. The summed E-state index contributed by atoms with van der Waals surface area (Å²) < 4.78 is 0. The summed E-state index contributed by atoms with van der Waals surface area (Å²) in [6.45, 7) is 7.30. The lowest BCUT2D eigenvalue weighted by molar-refractivity contribution is -0.120. The Kier molecular flexibility index (Phi) is 4.02. The topological polar surface area (TPSA) is 41.1 Å². The van der Waals surface area contributed by atoms with Gasteiger partial charge in [0.2, 0.25) is 5.91 Å². The molecule has 0 aliphatic carbocycles. The van der Waals surface area contributed by atoms with E-state index in [1.54, 1.807) is 0 Å². The van der Waals surface area contributed by atoms with E-state index in [1.807, 2.05) is 18.2 Å². The molecule has 18 heavy (non-hydrogen) atoms. The summed E-state index contributed by atoms with van der Waals surface area (Å²) in [5.41, 5.74) is 2.15. The van der Waals surface area contributed by atoms with E-state index < -0.39 is 0 Å². The maximum absolute atomic E-state index is 12.2. The number of carbonyl (C=O) groups excluding carboxylic acids is 1. The number of amides is 1. The smallest absolute Gasteiger partial charge is 0.229 e. The molecule has 98 valence electrons. The quantitative estimate of drug-likeness (QED) is 0.861. The Labute approximate surface area is 109 Å². The van der Waals surface area contributed by atoms with Crippen molar-refractivity contribution in [2.45, 2.75) is 39.2 Å². The molecule has 1 aromatic carbocycles. The molecule has 1 amide bonds. The lowest BCUT2D eigenvalue weighted by Gasteiger charge is -2.18. The van der Waals surface area contributed by atoms with Gasteiger partial charge in [0.05, 0.1) is 5.92 Å². The van der Waals surface area contributed by atoms with Crippen LogP contribution >= 0.6 is 0 Å². The molecule has 1 aromatic rings. The SMILES string of the molecule is CC(C)c1ccccc1NC(=O)C1CCNC1C. The first-order valence-corrected chi connectivity index (χ1v) is 6.72. The normalized spacial score (nSPS) is 23.3. The molecule has 0 bridgehead atoms. The van der Waals surface area contributed by atoms with Crippen molar-refractivity contribution < 1.29 is 4.79 Å². The highest BCUT2D eigenvalue weighted by Crippen LogP contribution is 2.25. The third kappa shape index (κ3) is 2.72. The average molecular weight is 246 g/mol.